The van der Waals surface area contributed by atoms with E-state index in [-0.39, 0.29) is 5.54 Å². The second-order valence-electron chi connectivity index (χ2n) is 4.83. The summed E-state index contributed by atoms with van der Waals surface area (Å²) in [5.74, 6) is 0. The molecule has 0 spiro atoms. The predicted molar refractivity (Wildman–Crippen MR) is 70.7 cm³/mol. The van der Waals surface area contributed by atoms with Crippen LogP contribution in [-0.2, 0) is 4.74 Å². The average Bonchev–Trinajstić information content (AvgIpc) is 2.29. The van der Waals surface area contributed by atoms with Crippen molar-refractivity contribution in [1.82, 2.24) is 4.90 Å². The zero-order valence-corrected chi connectivity index (χ0v) is 11.6. The highest BCUT2D eigenvalue weighted by Gasteiger charge is 2.29. The van der Waals surface area contributed by atoms with Gasteiger partial charge in [-0.2, -0.15) is 0 Å². The van der Waals surface area contributed by atoms with Crippen molar-refractivity contribution in [2.24, 2.45) is 5.73 Å². The quantitative estimate of drug-likeness (QED) is 0.625. The third-order valence-electron chi connectivity index (χ3n) is 3.22. The van der Waals surface area contributed by atoms with Gasteiger partial charge in [0.05, 0.1) is 12.1 Å². The highest BCUT2D eigenvalue weighted by molar-refractivity contribution is 4.87. The predicted octanol–water partition coefficient (Wildman–Crippen LogP) is 2.25. The molecule has 16 heavy (non-hydrogen) atoms. The summed E-state index contributed by atoms with van der Waals surface area (Å²) >= 11 is 0. The molecular weight excluding hydrogens is 200 g/mol. The molecule has 0 amide bonds. The standard InChI is InChI=1S/C13H30N2O/c1-5-7-9-15(10-8-6-2)13(3,11-14)12-16-4/h5-12,14H2,1-4H3. The van der Waals surface area contributed by atoms with Crippen LogP contribution < -0.4 is 5.73 Å². The van der Waals surface area contributed by atoms with E-state index >= 15 is 0 Å². The molecule has 0 radical (unpaired) electrons. The minimum Gasteiger partial charge on any atom is -0.383 e. The molecule has 0 aromatic carbocycles. The molecule has 0 aromatic heterocycles. The van der Waals surface area contributed by atoms with Gasteiger partial charge in [0.15, 0.2) is 0 Å². The third-order valence-corrected chi connectivity index (χ3v) is 3.22. The summed E-state index contributed by atoms with van der Waals surface area (Å²) in [5.41, 5.74) is 5.91. The second kappa shape index (κ2) is 8.97. The maximum Gasteiger partial charge on any atom is 0.0656 e. The molecule has 0 aliphatic heterocycles. The van der Waals surface area contributed by atoms with Crippen molar-refractivity contribution in [3.8, 4) is 0 Å². The van der Waals surface area contributed by atoms with Crippen LogP contribution in [0.15, 0.2) is 0 Å². The SMILES string of the molecule is CCCCN(CCCC)C(C)(CN)COC. The zero-order valence-electron chi connectivity index (χ0n) is 11.6. The molecular formula is C13H30N2O. The van der Waals surface area contributed by atoms with Crippen molar-refractivity contribution in [3.63, 3.8) is 0 Å². The number of rotatable bonds is 10. The number of nitrogens with zero attached hydrogens (tertiary/aromatic N) is 1. The van der Waals surface area contributed by atoms with Gasteiger partial charge in [-0.05, 0) is 32.9 Å². The van der Waals surface area contributed by atoms with Gasteiger partial charge in [0, 0.05) is 13.7 Å². The van der Waals surface area contributed by atoms with Crippen LogP contribution in [0.5, 0.6) is 0 Å². The Morgan fingerprint density at radius 3 is 1.94 bits per heavy atom. The molecule has 3 heteroatoms. The lowest BCUT2D eigenvalue weighted by Gasteiger charge is -2.40. The van der Waals surface area contributed by atoms with E-state index < -0.39 is 0 Å². The number of hydrogen-bond donors (Lipinski definition) is 1. The lowest BCUT2D eigenvalue weighted by Crippen LogP contribution is -2.55. The van der Waals surface area contributed by atoms with Crippen molar-refractivity contribution < 1.29 is 4.74 Å². The van der Waals surface area contributed by atoms with Gasteiger partial charge in [-0.1, -0.05) is 26.7 Å². The summed E-state index contributed by atoms with van der Waals surface area (Å²) < 4.78 is 5.32. The fraction of sp³-hybridized carbons (Fsp3) is 1.00. The van der Waals surface area contributed by atoms with Gasteiger partial charge in [-0.15, -0.1) is 0 Å². The molecule has 0 aliphatic rings. The van der Waals surface area contributed by atoms with Crippen molar-refractivity contribution in [2.75, 3.05) is 33.4 Å². The van der Waals surface area contributed by atoms with Gasteiger partial charge in [0.25, 0.3) is 0 Å². The zero-order chi connectivity index (χ0) is 12.4. The summed E-state index contributed by atoms with van der Waals surface area (Å²) in [6.45, 7) is 10.3. The van der Waals surface area contributed by atoms with E-state index in [2.05, 4.69) is 25.7 Å². The number of unbranched alkanes of at least 4 members (excludes halogenated alkanes) is 2. The first kappa shape index (κ1) is 15.9. The Bertz CT molecular complexity index is 156. The molecule has 2 N–H and O–H groups in total. The summed E-state index contributed by atoms with van der Waals surface area (Å²) in [7, 11) is 1.76. The van der Waals surface area contributed by atoms with Crippen molar-refractivity contribution >= 4 is 0 Å². The Morgan fingerprint density at radius 1 is 1.12 bits per heavy atom. The van der Waals surface area contributed by atoms with E-state index in [0.29, 0.717) is 6.54 Å². The molecule has 3 nitrogen and oxygen atoms in total. The number of hydrogen-bond acceptors (Lipinski definition) is 3. The first-order valence-corrected chi connectivity index (χ1v) is 6.58. The Morgan fingerprint density at radius 2 is 1.62 bits per heavy atom. The summed E-state index contributed by atoms with van der Waals surface area (Å²) in [5, 5.41) is 0. The average molecular weight is 230 g/mol. The maximum absolute atomic E-state index is 5.92. The Hall–Kier alpha value is -0.120. The lowest BCUT2D eigenvalue weighted by molar-refractivity contribution is 0.0251. The van der Waals surface area contributed by atoms with E-state index in [1.165, 1.54) is 25.7 Å². The van der Waals surface area contributed by atoms with E-state index in [9.17, 15) is 0 Å². The monoisotopic (exact) mass is 230 g/mol. The molecule has 0 aliphatic carbocycles. The number of nitrogens with two attached hydrogens (primary N) is 1. The van der Waals surface area contributed by atoms with Crippen LogP contribution in [0.4, 0.5) is 0 Å². The fourth-order valence-electron chi connectivity index (χ4n) is 1.94. The van der Waals surface area contributed by atoms with Crippen LogP contribution in [0.25, 0.3) is 0 Å². The Kier molecular flexibility index (Phi) is 8.90. The molecule has 0 bridgehead atoms. The van der Waals surface area contributed by atoms with Crippen LogP contribution >= 0.6 is 0 Å². The van der Waals surface area contributed by atoms with Crippen molar-refractivity contribution in [1.29, 1.82) is 0 Å². The van der Waals surface area contributed by atoms with E-state index in [1.807, 2.05) is 0 Å². The molecule has 0 saturated heterocycles. The van der Waals surface area contributed by atoms with Crippen LogP contribution in [0.2, 0.25) is 0 Å². The fourth-order valence-corrected chi connectivity index (χ4v) is 1.94. The normalized spacial score (nSPS) is 15.4. The van der Waals surface area contributed by atoms with Crippen LogP contribution in [0, 0.1) is 0 Å². The Labute approximate surface area is 101 Å². The molecule has 0 fully saturated rings. The van der Waals surface area contributed by atoms with Gasteiger partial charge in [0.2, 0.25) is 0 Å². The highest BCUT2D eigenvalue weighted by Crippen LogP contribution is 2.16. The molecule has 1 unspecified atom stereocenters. The molecule has 0 aromatic rings. The van der Waals surface area contributed by atoms with Crippen molar-refractivity contribution in [2.45, 2.75) is 52.0 Å². The van der Waals surface area contributed by atoms with Gasteiger partial charge >= 0.3 is 0 Å². The minimum absolute atomic E-state index is 0.000903. The van der Waals surface area contributed by atoms with Crippen molar-refractivity contribution in [3.05, 3.63) is 0 Å². The molecule has 98 valence electrons. The van der Waals surface area contributed by atoms with Gasteiger partial charge in [-0.3, -0.25) is 4.90 Å². The molecule has 0 heterocycles. The molecule has 0 rings (SSSR count). The molecule has 1 atom stereocenters. The first-order chi connectivity index (χ1) is 7.64. The largest absolute Gasteiger partial charge is 0.383 e. The molecule has 0 saturated carbocycles. The smallest absolute Gasteiger partial charge is 0.0656 e. The van der Waals surface area contributed by atoms with Gasteiger partial charge in [0.1, 0.15) is 0 Å². The first-order valence-electron chi connectivity index (χ1n) is 6.58. The Balaban J connectivity index is 4.40. The van der Waals surface area contributed by atoms with E-state index in [4.69, 9.17) is 10.5 Å². The second-order valence-corrected chi connectivity index (χ2v) is 4.83. The highest BCUT2D eigenvalue weighted by atomic mass is 16.5. The summed E-state index contributed by atoms with van der Waals surface area (Å²) in [6.07, 6.45) is 4.94. The minimum atomic E-state index is -0.000903. The lowest BCUT2D eigenvalue weighted by atomic mass is 10.00. The van der Waals surface area contributed by atoms with E-state index in [0.717, 1.165) is 19.7 Å². The number of ether oxygens (including phenoxy) is 1. The van der Waals surface area contributed by atoms with Gasteiger partial charge < -0.3 is 10.5 Å². The maximum atomic E-state index is 5.92. The third kappa shape index (κ3) is 5.28. The van der Waals surface area contributed by atoms with Gasteiger partial charge in [-0.25, -0.2) is 0 Å². The van der Waals surface area contributed by atoms with Crippen LogP contribution in [0.3, 0.4) is 0 Å². The van der Waals surface area contributed by atoms with E-state index in [1.54, 1.807) is 7.11 Å². The van der Waals surface area contributed by atoms with Crippen LogP contribution in [-0.4, -0.2) is 43.8 Å². The summed E-state index contributed by atoms with van der Waals surface area (Å²) in [4.78, 5) is 2.50. The topological polar surface area (TPSA) is 38.5 Å². The number of methoxy groups -OCH3 is 1. The summed E-state index contributed by atoms with van der Waals surface area (Å²) in [6, 6.07) is 0. The van der Waals surface area contributed by atoms with Crippen LogP contribution in [0.1, 0.15) is 46.5 Å².